The molecule has 3 fully saturated rings. The lowest BCUT2D eigenvalue weighted by molar-refractivity contribution is -0.168. The molecule has 26 heteroatoms. The van der Waals surface area contributed by atoms with E-state index in [1.54, 1.807) is 0 Å². The zero-order valence-corrected chi connectivity index (χ0v) is 24.5. The molecule has 4 aromatic rings. The lowest BCUT2D eigenvalue weighted by Gasteiger charge is -2.25. The highest BCUT2D eigenvalue weighted by Crippen LogP contribution is 2.53. The smallest absolute Gasteiger partial charge is 0.386 e. The largest absolute Gasteiger partial charge is 0.472 e. The zero-order valence-electron chi connectivity index (χ0n) is 22.7. The molecule has 46 heavy (non-hydrogen) atoms. The van der Waals surface area contributed by atoms with Gasteiger partial charge in [-0.1, -0.05) is 0 Å². The SMILES string of the molecule is Nc1nc2c(ncn2[C@@H]2O[C@@H]3OCP(=O)(O)O[C@H]4[C@H](O)[C@H](n5cnc6c(N)nc(F)nc65)O[C@@H]4COP(=O)(O)O[C@@H]2[C@@H]3O)c(=O)[nH]1. The molecule has 3 aliphatic rings. The molecule has 2 bridgehead atoms. The quantitative estimate of drug-likeness (QED) is 0.0865. The van der Waals surface area contributed by atoms with Crippen molar-refractivity contribution < 1.29 is 61.3 Å². The number of aromatic amines is 1. The van der Waals surface area contributed by atoms with E-state index in [0.29, 0.717) is 0 Å². The van der Waals surface area contributed by atoms with Gasteiger partial charge in [-0.15, -0.1) is 0 Å². The Hall–Kier alpha value is -3.51. The molecular weight excluding hydrogens is 669 g/mol. The van der Waals surface area contributed by atoms with E-state index >= 15 is 0 Å². The van der Waals surface area contributed by atoms with Gasteiger partial charge in [0.1, 0.15) is 30.5 Å². The van der Waals surface area contributed by atoms with E-state index in [2.05, 4.69) is 29.9 Å². The van der Waals surface area contributed by atoms with Gasteiger partial charge in [0.05, 0.1) is 19.3 Å². The van der Waals surface area contributed by atoms with Crippen LogP contribution in [0.2, 0.25) is 0 Å². The van der Waals surface area contributed by atoms with Crippen molar-refractivity contribution >= 4 is 49.5 Å². The van der Waals surface area contributed by atoms with Crippen molar-refractivity contribution in [3.63, 3.8) is 0 Å². The van der Waals surface area contributed by atoms with Crippen LogP contribution in [0.1, 0.15) is 12.5 Å². The number of phosphoric ester groups is 1. The lowest BCUT2D eigenvalue weighted by Crippen LogP contribution is -2.36. The number of nitrogen functional groups attached to an aromatic ring is 2. The first-order valence-electron chi connectivity index (χ1n) is 13.0. The fraction of sp³-hybridized carbons (Fsp3) is 0.500. The fourth-order valence-electron chi connectivity index (χ4n) is 5.28. The lowest BCUT2D eigenvalue weighted by atomic mass is 10.1. The third-order valence-corrected chi connectivity index (χ3v) is 9.28. The number of halogens is 1. The number of nitrogens with two attached hydrogens (primary N) is 2. The molecule has 0 amide bonds. The van der Waals surface area contributed by atoms with Crippen molar-refractivity contribution in [2.45, 2.75) is 49.3 Å². The third-order valence-electron chi connectivity index (χ3n) is 7.24. The number of nitrogens with zero attached hydrogens (tertiary/aromatic N) is 7. The molecule has 0 radical (unpaired) electrons. The summed E-state index contributed by atoms with van der Waals surface area (Å²) < 4.78 is 74.8. The summed E-state index contributed by atoms with van der Waals surface area (Å²) in [5.74, 6) is -0.630. The molecule has 3 saturated heterocycles. The average molecular weight is 692 g/mol. The summed E-state index contributed by atoms with van der Waals surface area (Å²) in [4.78, 5) is 54.7. The van der Waals surface area contributed by atoms with Crippen LogP contribution in [0.4, 0.5) is 16.2 Å². The summed E-state index contributed by atoms with van der Waals surface area (Å²) in [6.07, 6.45) is -13.9. The highest BCUT2D eigenvalue weighted by atomic mass is 31.2. The van der Waals surface area contributed by atoms with Gasteiger partial charge in [-0.2, -0.15) is 19.3 Å². The number of imidazole rings is 2. The molecule has 10 atom stereocenters. The summed E-state index contributed by atoms with van der Waals surface area (Å²) in [6.45, 7) is -0.899. The molecular formula is C20H23FN10O13P2. The molecule has 3 aliphatic heterocycles. The van der Waals surface area contributed by atoms with Gasteiger partial charge < -0.3 is 45.7 Å². The van der Waals surface area contributed by atoms with Crippen molar-refractivity contribution in [3.8, 4) is 0 Å². The molecule has 7 rings (SSSR count). The van der Waals surface area contributed by atoms with E-state index in [9.17, 15) is 38.3 Å². The number of nitrogens with one attached hydrogen (secondary N) is 1. The number of hydrogen-bond donors (Lipinski definition) is 7. The van der Waals surface area contributed by atoms with Crippen molar-refractivity contribution in [3.05, 3.63) is 29.1 Å². The van der Waals surface area contributed by atoms with Crippen molar-refractivity contribution in [1.29, 1.82) is 0 Å². The first kappa shape index (κ1) is 31.1. The number of rotatable bonds is 2. The Labute approximate surface area is 253 Å². The first-order valence-corrected chi connectivity index (χ1v) is 16.3. The zero-order chi connectivity index (χ0) is 32.7. The maximum absolute atomic E-state index is 14.0. The van der Waals surface area contributed by atoms with Crippen LogP contribution in [0.15, 0.2) is 17.4 Å². The topological polar surface area (TPSA) is 330 Å². The number of anilines is 2. The van der Waals surface area contributed by atoms with Gasteiger partial charge in [-0.25, -0.2) is 14.5 Å². The van der Waals surface area contributed by atoms with Crippen molar-refractivity contribution in [2.75, 3.05) is 24.4 Å². The van der Waals surface area contributed by atoms with E-state index in [1.807, 2.05) is 0 Å². The summed E-state index contributed by atoms with van der Waals surface area (Å²) in [5.41, 5.74) is 9.97. The highest BCUT2D eigenvalue weighted by molar-refractivity contribution is 7.52. The summed E-state index contributed by atoms with van der Waals surface area (Å²) in [7, 11) is -10.0. The van der Waals surface area contributed by atoms with E-state index < -0.39 is 89.3 Å². The minimum absolute atomic E-state index is 0.0530. The van der Waals surface area contributed by atoms with Gasteiger partial charge in [0.25, 0.3) is 5.56 Å². The number of ether oxygens (including phenoxy) is 3. The molecule has 0 spiro atoms. The van der Waals surface area contributed by atoms with E-state index in [-0.39, 0.29) is 34.1 Å². The van der Waals surface area contributed by atoms with Gasteiger partial charge in [0.15, 0.2) is 53.2 Å². The number of aromatic nitrogens is 8. The molecule has 0 aromatic carbocycles. The Balaban J connectivity index is 1.21. The van der Waals surface area contributed by atoms with Crippen LogP contribution in [0.5, 0.6) is 0 Å². The molecule has 4 aromatic heterocycles. The normalized spacial score (nSPS) is 37.2. The van der Waals surface area contributed by atoms with Crippen LogP contribution < -0.4 is 17.0 Å². The van der Waals surface area contributed by atoms with Crippen LogP contribution in [-0.2, 0) is 36.9 Å². The molecule has 0 saturated carbocycles. The maximum atomic E-state index is 14.0. The first-order chi connectivity index (χ1) is 21.7. The van der Waals surface area contributed by atoms with Crippen molar-refractivity contribution in [1.82, 2.24) is 39.0 Å². The Morgan fingerprint density at radius 1 is 0.935 bits per heavy atom. The van der Waals surface area contributed by atoms with Gasteiger partial charge in [-0.05, 0) is 0 Å². The van der Waals surface area contributed by atoms with Crippen LogP contribution >= 0.6 is 15.4 Å². The van der Waals surface area contributed by atoms with Crippen LogP contribution in [0.25, 0.3) is 22.3 Å². The summed E-state index contributed by atoms with van der Waals surface area (Å²) in [5, 5.41) is 22.1. The number of aliphatic hydroxyl groups excluding tert-OH is 2. The molecule has 9 N–H and O–H groups in total. The highest BCUT2D eigenvalue weighted by Gasteiger charge is 2.54. The Morgan fingerprint density at radius 2 is 1.63 bits per heavy atom. The average Bonchev–Trinajstić information content (AvgIpc) is 3.72. The standard InChI is InChI=1S/C20H23FN10O13P2/c21-19-26-12(22)6-13(27-19)30(2-24-6)16-8(32)10-5(41-16)1-40-46(37,38)44-11-9(33)18(39-4-45(35,36)43-10)42-17(11)31-3-25-7-14(31)28-20(23)29-15(7)34/h2-3,5,8-11,16-18,32-33H,1,4H2,(H,35,36)(H,37,38)(H2,22,26,27)(H3,23,28,29,34)/t5-,8+,9+,10-,11-,16-,17-,18+/m1/s1. The monoisotopic (exact) mass is 692 g/mol. The predicted octanol–water partition coefficient (Wildman–Crippen LogP) is -2.20. The minimum atomic E-state index is -5.18. The Morgan fingerprint density at radius 3 is 2.39 bits per heavy atom. The molecule has 23 nitrogen and oxygen atoms in total. The van der Waals surface area contributed by atoms with Gasteiger partial charge in [-0.3, -0.25) is 37.0 Å². The van der Waals surface area contributed by atoms with Crippen LogP contribution in [0.3, 0.4) is 0 Å². The number of phosphoric acid groups is 1. The maximum Gasteiger partial charge on any atom is 0.472 e. The van der Waals surface area contributed by atoms with Crippen LogP contribution in [-0.4, -0.2) is 109 Å². The second-order valence-corrected chi connectivity index (χ2v) is 13.4. The van der Waals surface area contributed by atoms with Gasteiger partial charge in [0.2, 0.25) is 5.95 Å². The summed E-state index contributed by atoms with van der Waals surface area (Å²) >= 11 is 0. The molecule has 248 valence electrons. The summed E-state index contributed by atoms with van der Waals surface area (Å²) in [6, 6.07) is 0. The minimum Gasteiger partial charge on any atom is -0.386 e. The van der Waals surface area contributed by atoms with Crippen LogP contribution in [0, 0.1) is 6.08 Å². The molecule has 7 heterocycles. The van der Waals surface area contributed by atoms with E-state index in [4.69, 9.17) is 39.2 Å². The van der Waals surface area contributed by atoms with E-state index in [1.165, 1.54) is 0 Å². The number of H-pyrrole nitrogens is 1. The van der Waals surface area contributed by atoms with Gasteiger partial charge in [0, 0.05) is 0 Å². The molecule has 2 unspecified atom stereocenters. The number of fused-ring (bicyclic) bond motifs is 5. The second-order valence-electron chi connectivity index (χ2n) is 10.3. The fourth-order valence-corrected chi connectivity index (χ4v) is 7.24. The number of aliphatic hydroxyl groups is 2. The number of hydrogen-bond acceptors (Lipinski definition) is 18. The van der Waals surface area contributed by atoms with Gasteiger partial charge >= 0.3 is 21.5 Å². The predicted molar refractivity (Wildman–Crippen MR) is 143 cm³/mol. The Bertz CT molecular complexity index is 1990. The van der Waals surface area contributed by atoms with E-state index in [0.717, 1.165) is 21.8 Å². The van der Waals surface area contributed by atoms with Crippen molar-refractivity contribution in [2.24, 2.45) is 0 Å². The molecule has 0 aliphatic carbocycles. The Kier molecular flexibility index (Phi) is 7.47. The third kappa shape index (κ3) is 5.36. The second kappa shape index (κ2) is 11.0.